The molecular formula is C15H26N2O4. The number of rotatable bonds is 5. The number of piperidine rings is 1. The van der Waals surface area contributed by atoms with Crippen LogP contribution in [0.1, 0.15) is 39.5 Å². The first-order chi connectivity index (χ1) is 10.1. The van der Waals surface area contributed by atoms with Gasteiger partial charge in [-0.2, -0.15) is 0 Å². The topological polar surface area (TPSA) is 67.9 Å². The Morgan fingerprint density at radius 2 is 1.81 bits per heavy atom. The minimum atomic E-state index is -0.404. The average Bonchev–Trinajstić information content (AvgIpc) is 3.23. The maximum atomic E-state index is 12.0. The molecule has 2 fully saturated rings. The fraction of sp³-hybridized carbons (Fsp3) is 0.867. The highest BCUT2D eigenvalue weighted by atomic mass is 16.6. The van der Waals surface area contributed by atoms with Crippen molar-refractivity contribution < 1.29 is 19.1 Å². The van der Waals surface area contributed by atoms with Gasteiger partial charge in [-0.15, -0.1) is 0 Å². The number of amides is 2. The van der Waals surface area contributed by atoms with E-state index >= 15 is 0 Å². The van der Waals surface area contributed by atoms with Gasteiger partial charge < -0.3 is 19.7 Å². The lowest BCUT2D eigenvalue weighted by Gasteiger charge is -2.37. The highest BCUT2D eigenvalue weighted by molar-refractivity contribution is 5.69. The molecule has 1 heterocycles. The van der Waals surface area contributed by atoms with Gasteiger partial charge in [0, 0.05) is 13.1 Å². The van der Waals surface area contributed by atoms with Crippen LogP contribution in [0, 0.1) is 11.8 Å². The van der Waals surface area contributed by atoms with Crippen molar-refractivity contribution in [3.05, 3.63) is 0 Å². The average molecular weight is 298 g/mol. The van der Waals surface area contributed by atoms with E-state index < -0.39 is 6.09 Å². The second kappa shape index (κ2) is 7.52. The van der Waals surface area contributed by atoms with Crippen LogP contribution in [-0.2, 0) is 9.47 Å². The Morgan fingerprint density at radius 1 is 1.10 bits per heavy atom. The molecule has 2 rings (SSSR count). The maximum Gasteiger partial charge on any atom is 0.409 e. The second-order valence-corrected chi connectivity index (χ2v) is 5.95. The number of alkyl carbamates (subject to hydrolysis) is 1. The van der Waals surface area contributed by atoms with Crippen molar-refractivity contribution >= 4 is 12.2 Å². The molecule has 2 unspecified atom stereocenters. The molecule has 2 aliphatic rings. The lowest BCUT2D eigenvalue weighted by Crippen LogP contribution is -2.52. The monoisotopic (exact) mass is 298 g/mol. The normalized spacial score (nSPS) is 25.3. The van der Waals surface area contributed by atoms with Crippen molar-refractivity contribution in [1.29, 1.82) is 0 Å². The molecule has 1 saturated carbocycles. The van der Waals surface area contributed by atoms with E-state index in [1.165, 1.54) is 12.8 Å². The van der Waals surface area contributed by atoms with Crippen LogP contribution < -0.4 is 5.32 Å². The van der Waals surface area contributed by atoms with Crippen molar-refractivity contribution in [2.24, 2.45) is 11.8 Å². The standard InChI is InChI=1S/C15H26N2O4/c1-3-20-14(18)16-13-8-12(7-11-5-6-11)9-17(10-13)15(19)21-4-2/h11-13H,3-10H2,1-2H3,(H,16,18). The van der Waals surface area contributed by atoms with Crippen LogP contribution in [-0.4, -0.2) is 49.4 Å². The van der Waals surface area contributed by atoms with Gasteiger partial charge in [0.25, 0.3) is 0 Å². The summed E-state index contributed by atoms with van der Waals surface area (Å²) < 4.78 is 10.0. The highest BCUT2D eigenvalue weighted by Gasteiger charge is 2.35. The van der Waals surface area contributed by atoms with Crippen molar-refractivity contribution in [2.45, 2.75) is 45.6 Å². The lowest BCUT2D eigenvalue weighted by atomic mass is 9.90. The van der Waals surface area contributed by atoms with Crippen LogP contribution in [0.2, 0.25) is 0 Å². The summed E-state index contributed by atoms with van der Waals surface area (Å²) in [6, 6.07) is -0.0500. The third-order valence-electron chi connectivity index (χ3n) is 4.02. The number of carbonyl (C=O) groups excluding carboxylic acids is 2. The molecule has 1 saturated heterocycles. The molecule has 120 valence electrons. The predicted octanol–water partition coefficient (Wildman–Crippen LogP) is 2.38. The smallest absolute Gasteiger partial charge is 0.409 e. The van der Waals surface area contributed by atoms with Crippen molar-refractivity contribution in [3.8, 4) is 0 Å². The fourth-order valence-electron chi connectivity index (χ4n) is 3.01. The fourth-order valence-corrected chi connectivity index (χ4v) is 3.01. The third kappa shape index (κ3) is 5.10. The van der Waals surface area contributed by atoms with Crippen LogP contribution in [0.5, 0.6) is 0 Å². The van der Waals surface area contributed by atoms with Gasteiger partial charge >= 0.3 is 12.2 Å². The SMILES string of the molecule is CCOC(=O)NC1CC(CC2CC2)CN(C(=O)OCC)C1. The van der Waals surface area contributed by atoms with Gasteiger partial charge in [0.1, 0.15) is 0 Å². The molecular weight excluding hydrogens is 272 g/mol. The summed E-state index contributed by atoms with van der Waals surface area (Å²) in [7, 11) is 0. The van der Waals surface area contributed by atoms with Crippen LogP contribution >= 0.6 is 0 Å². The Labute approximate surface area is 126 Å². The minimum absolute atomic E-state index is 0.0500. The third-order valence-corrected chi connectivity index (χ3v) is 4.02. The summed E-state index contributed by atoms with van der Waals surface area (Å²) in [5.74, 6) is 1.24. The zero-order valence-corrected chi connectivity index (χ0v) is 13.0. The Bertz CT molecular complexity index is 371. The number of hydrogen-bond acceptors (Lipinski definition) is 4. The number of likely N-dealkylation sites (tertiary alicyclic amines) is 1. The molecule has 2 atom stereocenters. The van der Waals surface area contributed by atoms with Crippen LogP contribution in [0.15, 0.2) is 0 Å². The Balaban J connectivity index is 1.91. The summed E-state index contributed by atoms with van der Waals surface area (Å²) in [5.41, 5.74) is 0. The zero-order valence-electron chi connectivity index (χ0n) is 13.0. The van der Waals surface area contributed by atoms with E-state index in [1.807, 2.05) is 0 Å². The zero-order chi connectivity index (χ0) is 15.2. The van der Waals surface area contributed by atoms with Gasteiger partial charge in [0.15, 0.2) is 0 Å². The summed E-state index contributed by atoms with van der Waals surface area (Å²) in [6.45, 7) is 5.54. The first-order valence-electron chi connectivity index (χ1n) is 7.97. The van der Waals surface area contributed by atoms with Gasteiger partial charge in [-0.05, 0) is 38.5 Å². The largest absolute Gasteiger partial charge is 0.450 e. The summed E-state index contributed by atoms with van der Waals surface area (Å²) in [6.07, 6.45) is 3.95. The molecule has 0 aromatic rings. The van der Waals surface area contributed by atoms with E-state index in [-0.39, 0.29) is 12.1 Å². The van der Waals surface area contributed by atoms with Crippen molar-refractivity contribution in [1.82, 2.24) is 10.2 Å². The van der Waals surface area contributed by atoms with Crippen LogP contribution in [0.25, 0.3) is 0 Å². The highest BCUT2D eigenvalue weighted by Crippen LogP contribution is 2.37. The second-order valence-electron chi connectivity index (χ2n) is 5.95. The first-order valence-corrected chi connectivity index (χ1v) is 7.97. The number of nitrogens with zero attached hydrogens (tertiary/aromatic N) is 1. The molecule has 6 nitrogen and oxygen atoms in total. The Kier molecular flexibility index (Phi) is 5.70. The number of ether oxygens (including phenoxy) is 2. The van der Waals surface area contributed by atoms with E-state index in [0.717, 1.165) is 25.3 Å². The van der Waals surface area contributed by atoms with Gasteiger partial charge in [0.2, 0.25) is 0 Å². The molecule has 0 bridgehead atoms. The number of carbonyl (C=O) groups is 2. The van der Waals surface area contributed by atoms with E-state index in [2.05, 4.69) is 5.32 Å². The van der Waals surface area contributed by atoms with Gasteiger partial charge in [-0.1, -0.05) is 12.8 Å². The molecule has 1 aliphatic carbocycles. The van der Waals surface area contributed by atoms with Gasteiger partial charge in [-0.25, -0.2) is 9.59 Å². The summed E-state index contributed by atoms with van der Waals surface area (Å²) >= 11 is 0. The Morgan fingerprint density at radius 3 is 2.43 bits per heavy atom. The van der Waals surface area contributed by atoms with E-state index in [1.54, 1.807) is 18.7 Å². The molecule has 21 heavy (non-hydrogen) atoms. The summed E-state index contributed by atoms with van der Waals surface area (Å²) in [4.78, 5) is 25.3. The molecule has 0 spiro atoms. The van der Waals surface area contributed by atoms with E-state index in [0.29, 0.717) is 25.7 Å². The molecule has 0 radical (unpaired) electrons. The minimum Gasteiger partial charge on any atom is -0.450 e. The number of hydrogen-bond donors (Lipinski definition) is 1. The van der Waals surface area contributed by atoms with Crippen LogP contribution in [0.3, 0.4) is 0 Å². The molecule has 1 N–H and O–H groups in total. The first kappa shape index (κ1) is 15.9. The Hall–Kier alpha value is -1.46. The molecule has 1 aliphatic heterocycles. The van der Waals surface area contributed by atoms with Gasteiger partial charge in [-0.3, -0.25) is 0 Å². The van der Waals surface area contributed by atoms with Crippen molar-refractivity contribution in [2.75, 3.05) is 26.3 Å². The van der Waals surface area contributed by atoms with Crippen molar-refractivity contribution in [3.63, 3.8) is 0 Å². The van der Waals surface area contributed by atoms with E-state index in [9.17, 15) is 9.59 Å². The predicted molar refractivity (Wildman–Crippen MR) is 78.0 cm³/mol. The van der Waals surface area contributed by atoms with E-state index in [4.69, 9.17) is 9.47 Å². The molecule has 0 aromatic heterocycles. The number of nitrogens with one attached hydrogen (secondary N) is 1. The maximum absolute atomic E-state index is 12.0. The summed E-state index contributed by atoms with van der Waals surface area (Å²) in [5, 5.41) is 2.86. The van der Waals surface area contributed by atoms with Crippen LogP contribution in [0.4, 0.5) is 9.59 Å². The molecule has 0 aromatic carbocycles. The molecule has 6 heteroatoms. The quantitative estimate of drug-likeness (QED) is 0.846. The lowest BCUT2D eigenvalue weighted by molar-refractivity contribution is 0.0736. The molecule has 2 amide bonds. The van der Waals surface area contributed by atoms with Gasteiger partial charge in [0.05, 0.1) is 19.3 Å².